The van der Waals surface area contributed by atoms with Crippen LogP contribution in [0.15, 0.2) is 24.3 Å². The van der Waals surface area contributed by atoms with E-state index >= 15 is 0 Å². The number of nitrogens with one attached hydrogen (secondary N) is 1. The highest BCUT2D eigenvalue weighted by atomic mass is 32.2. The average molecular weight is 515 g/mol. The zero-order valence-corrected chi connectivity index (χ0v) is 21.7. The molecule has 0 heterocycles. The number of nitrogens with zero attached hydrogens (tertiary/aromatic N) is 1. The molecule has 1 amide bonds. The van der Waals surface area contributed by atoms with E-state index < -0.39 is 28.1 Å². The fraction of sp³-hybridized carbons (Fsp3) is 0.667. The lowest BCUT2D eigenvalue weighted by Crippen LogP contribution is -2.36. The lowest BCUT2D eigenvalue weighted by atomic mass is 10.1. The van der Waals surface area contributed by atoms with Crippen molar-refractivity contribution in [3.63, 3.8) is 0 Å². The molecule has 0 aliphatic heterocycles. The Balaban J connectivity index is 1.77. The molecule has 1 aliphatic rings. The van der Waals surface area contributed by atoms with Crippen LogP contribution in [0.3, 0.4) is 0 Å². The second-order valence-electron chi connectivity index (χ2n) is 8.43. The minimum Gasteiger partial charge on any atom is -0.490 e. The maximum atomic E-state index is 12.5. The summed E-state index contributed by atoms with van der Waals surface area (Å²) < 4.78 is 48.8. The molecule has 1 aromatic rings. The number of sulfonamides is 1. The topological polar surface area (TPSA) is 120 Å². The van der Waals surface area contributed by atoms with Gasteiger partial charge < -0.3 is 18.9 Å². The van der Waals surface area contributed by atoms with Crippen molar-refractivity contribution in [2.24, 2.45) is 0 Å². The molecule has 198 valence electrons. The number of esters is 1. The van der Waals surface area contributed by atoms with Gasteiger partial charge in [0.15, 0.2) is 0 Å². The molecule has 35 heavy (non-hydrogen) atoms. The van der Waals surface area contributed by atoms with E-state index in [1.807, 2.05) is 24.3 Å². The van der Waals surface area contributed by atoms with Gasteiger partial charge in [-0.2, -0.15) is 0 Å². The number of carbonyl (C=O) groups excluding carboxylic acids is 2. The van der Waals surface area contributed by atoms with Crippen LogP contribution in [-0.2, 0) is 29.0 Å². The molecule has 0 spiro atoms. The summed E-state index contributed by atoms with van der Waals surface area (Å²) in [4.78, 5) is 24.6. The van der Waals surface area contributed by atoms with E-state index in [1.165, 1.54) is 24.9 Å². The Morgan fingerprint density at radius 3 is 2.66 bits per heavy atom. The molecule has 1 aliphatic carbocycles. The quantitative estimate of drug-likeness (QED) is 0.215. The van der Waals surface area contributed by atoms with Gasteiger partial charge in [-0.1, -0.05) is 12.1 Å². The predicted octanol–water partition coefficient (Wildman–Crippen LogP) is 3.37. The van der Waals surface area contributed by atoms with Crippen molar-refractivity contribution in [2.75, 3.05) is 39.4 Å². The average Bonchev–Trinajstić information content (AvgIpc) is 3.33. The van der Waals surface area contributed by atoms with Gasteiger partial charge in [0, 0.05) is 19.2 Å². The normalized spacial score (nSPS) is 14.9. The van der Waals surface area contributed by atoms with Crippen molar-refractivity contribution < 1.29 is 37.0 Å². The van der Waals surface area contributed by atoms with Crippen LogP contribution in [0.4, 0.5) is 4.79 Å². The Morgan fingerprint density at radius 1 is 1.23 bits per heavy atom. The number of hydrogen-bond donors (Lipinski definition) is 1. The third-order valence-electron chi connectivity index (χ3n) is 5.61. The molecule has 0 unspecified atom stereocenters. The molecular weight excluding hydrogens is 476 g/mol. The molecule has 10 nitrogen and oxygen atoms in total. The van der Waals surface area contributed by atoms with Crippen molar-refractivity contribution in [1.82, 2.24) is 9.62 Å². The lowest BCUT2D eigenvalue weighted by molar-refractivity contribution is -0.141. The summed E-state index contributed by atoms with van der Waals surface area (Å²) in [6, 6.07) is 7.10. The SMILES string of the molecule is CCOC(=O)N(CCC(=O)OC)COCCCS(=O)(=O)N[C@H](C)c1cccc(OC2CCCC2)c1. The Labute approximate surface area is 208 Å². The van der Waals surface area contributed by atoms with E-state index in [0.717, 1.165) is 24.2 Å². The van der Waals surface area contributed by atoms with Gasteiger partial charge in [-0.15, -0.1) is 0 Å². The van der Waals surface area contributed by atoms with Gasteiger partial charge in [0.05, 0.1) is 32.0 Å². The summed E-state index contributed by atoms with van der Waals surface area (Å²) in [6.07, 6.45) is 4.32. The minimum atomic E-state index is -3.55. The highest BCUT2D eigenvalue weighted by Gasteiger charge is 2.20. The first kappa shape index (κ1) is 28.9. The van der Waals surface area contributed by atoms with Crippen molar-refractivity contribution in [1.29, 1.82) is 0 Å². The molecular formula is C24H38N2O8S. The highest BCUT2D eigenvalue weighted by molar-refractivity contribution is 7.89. The molecule has 0 saturated heterocycles. The van der Waals surface area contributed by atoms with Gasteiger partial charge >= 0.3 is 12.1 Å². The van der Waals surface area contributed by atoms with Crippen molar-refractivity contribution in [2.45, 2.75) is 64.5 Å². The fourth-order valence-corrected chi connectivity index (χ4v) is 5.02. The summed E-state index contributed by atoms with van der Waals surface area (Å²) in [5, 5.41) is 0. The number of hydrogen-bond acceptors (Lipinski definition) is 8. The number of methoxy groups -OCH3 is 1. The maximum absolute atomic E-state index is 12.5. The largest absolute Gasteiger partial charge is 0.490 e. The second kappa shape index (κ2) is 14.9. The van der Waals surface area contributed by atoms with Crippen LogP contribution in [-0.4, -0.2) is 70.8 Å². The molecule has 0 radical (unpaired) electrons. The summed E-state index contributed by atoms with van der Waals surface area (Å²) in [5.41, 5.74) is 0.830. The Bertz CT molecular complexity index is 903. The Morgan fingerprint density at radius 2 is 1.97 bits per heavy atom. The first-order valence-corrected chi connectivity index (χ1v) is 13.7. The smallest absolute Gasteiger partial charge is 0.411 e. The first-order chi connectivity index (χ1) is 16.7. The van der Waals surface area contributed by atoms with E-state index in [0.29, 0.717) is 0 Å². The van der Waals surface area contributed by atoms with Gasteiger partial charge in [0.25, 0.3) is 0 Å². The summed E-state index contributed by atoms with van der Waals surface area (Å²) in [6.45, 7) is 3.73. The van der Waals surface area contributed by atoms with Gasteiger partial charge in [0.1, 0.15) is 12.5 Å². The molecule has 1 saturated carbocycles. The van der Waals surface area contributed by atoms with E-state index in [1.54, 1.807) is 13.8 Å². The number of rotatable bonds is 15. The van der Waals surface area contributed by atoms with Crippen LogP contribution in [0.2, 0.25) is 0 Å². The van der Waals surface area contributed by atoms with Gasteiger partial charge in [-0.05, 0) is 63.6 Å². The van der Waals surface area contributed by atoms with Gasteiger partial charge in [0.2, 0.25) is 10.0 Å². The van der Waals surface area contributed by atoms with Crippen molar-refractivity contribution >= 4 is 22.1 Å². The maximum Gasteiger partial charge on any atom is 0.411 e. The van der Waals surface area contributed by atoms with E-state index in [-0.39, 0.29) is 51.2 Å². The molecule has 1 N–H and O–H groups in total. The van der Waals surface area contributed by atoms with Crippen LogP contribution in [0.5, 0.6) is 5.75 Å². The molecule has 2 rings (SSSR count). The molecule has 0 bridgehead atoms. The lowest BCUT2D eigenvalue weighted by Gasteiger charge is -2.21. The summed E-state index contributed by atoms with van der Waals surface area (Å²) in [5.74, 6) is 0.172. The van der Waals surface area contributed by atoms with Crippen molar-refractivity contribution in [3.8, 4) is 5.75 Å². The van der Waals surface area contributed by atoms with E-state index in [2.05, 4.69) is 9.46 Å². The molecule has 11 heteroatoms. The Hall–Kier alpha value is -2.37. The monoisotopic (exact) mass is 514 g/mol. The predicted molar refractivity (Wildman–Crippen MR) is 130 cm³/mol. The first-order valence-electron chi connectivity index (χ1n) is 12.1. The molecule has 0 aromatic heterocycles. The number of benzene rings is 1. The standard InChI is InChI=1S/C24H38N2O8S/c1-4-33-24(28)26(14-13-23(27)31-3)18-32-15-8-16-35(29,30)25-19(2)20-9-7-12-22(17-20)34-21-10-5-6-11-21/h7,9,12,17,19,21,25H,4-6,8,10-11,13-16,18H2,1-3H3/t19-/m1/s1. The molecule has 1 fully saturated rings. The van der Waals surface area contributed by atoms with Crippen LogP contribution in [0.25, 0.3) is 0 Å². The Kier molecular flexibility index (Phi) is 12.3. The highest BCUT2D eigenvalue weighted by Crippen LogP contribution is 2.26. The number of carbonyl (C=O) groups is 2. The minimum absolute atomic E-state index is 0.00174. The van der Waals surface area contributed by atoms with Gasteiger partial charge in [-0.25, -0.2) is 17.9 Å². The van der Waals surface area contributed by atoms with E-state index in [9.17, 15) is 18.0 Å². The third kappa shape index (κ3) is 10.8. The van der Waals surface area contributed by atoms with E-state index in [4.69, 9.17) is 14.2 Å². The zero-order valence-electron chi connectivity index (χ0n) is 20.9. The number of amides is 1. The third-order valence-corrected chi connectivity index (χ3v) is 7.15. The zero-order chi connectivity index (χ0) is 25.7. The molecule has 1 atom stereocenters. The fourth-order valence-electron chi connectivity index (χ4n) is 3.73. The molecule has 1 aromatic carbocycles. The van der Waals surface area contributed by atoms with Gasteiger partial charge in [-0.3, -0.25) is 9.69 Å². The summed E-state index contributed by atoms with van der Waals surface area (Å²) in [7, 11) is -2.28. The van der Waals surface area contributed by atoms with Crippen LogP contribution in [0, 0.1) is 0 Å². The second-order valence-corrected chi connectivity index (χ2v) is 10.3. The van der Waals surface area contributed by atoms with Crippen LogP contribution < -0.4 is 9.46 Å². The number of ether oxygens (including phenoxy) is 4. The summed E-state index contributed by atoms with van der Waals surface area (Å²) >= 11 is 0. The van der Waals surface area contributed by atoms with Crippen molar-refractivity contribution in [3.05, 3.63) is 29.8 Å². The van der Waals surface area contributed by atoms with Crippen LogP contribution in [0.1, 0.15) is 64.0 Å². The van der Waals surface area contributed by atoms with Crippen LogP contribution >= 0.6 is 0 Å².